The Morgan fingerprint density at radius 2 is 1.65 bits per heavy atom. The molecule has 0 aromatic rings. The molecule has 0 radical (unpaired) electrons. The molecule has 0 saturated heterocycles. The summed E-state index contributed by atoms with van der Waals surface area (Å²) in [6.45, 7) is 0.225. The van der Waals surface area contributed by atoms with Crippen LogP contribution < -0.4 is 5.11 Å². The van der Waals surface area contributed by atoms with Crippen LogP contribution in [0.1, 0.15) is 44.9 Å². The lowest BCUT2D eigenvalue weighted by Crippen LogP contribution is -2.55. The van der Waals surface area contributed by atoms with E-state index in [-0.39, 0.29) is 17.6 Å². The number of carbonyl (C=O) groups is 2. The second-order valence-corrected chi connectivity index (χ2v) is 7.08. The van der Waals surface area contributed by atoms with Gasteiger partial charge in [-0.2, -0.15) is 0 Å². The molecule has 0 rings (SSSR count). The quantitative estimate of drug-likeness (QED) is 0.282. The zero-order chi connectivity index (χ0) is 17.9. The van der Waals surface area contributed by atoms with Crippen molar-refractivity contribution in [2.75, 3.05) is 34.3 Å². The van der Waals surface area contributed by atoms with Crippen molar-refractivity contribution in [3.8, 4) is 0 Å². The van der Waals surface area contributed by atoms with Gasteiger partial charge in [0.1, 0.15) is 6.54 Å². The van der Waals surface area contributed by atoms with Crippen LogP contribution in [0.25, 0.3) is 0 Å². The lowest BCUT2D eigenvalue weighted by atomic mass is 9.92. The van der Waals surface area contributed by atoms with E-state index in [1.54, 1.807) is 27.2 Å². The van der Waals surface area contributed by atoms with E-state index in [9.17, 15) is 19.8 Å². The van der Waals surface area contributed by atoms with Crippen LogP contribution in [0.3, 0.4) is 0 Å². The summed E-state index contributed by atoms with van der Waals surface area (Å²) in [6, 6.07) is 0. The summed E-state index contributed by atoms with van der Waals surface area (Å²) in [5.74, 6) is -2.03. The van der Waals surface area contributed by atoms with Crippen LogP contribution in [0, 0.1) is 0 Å². The highest BCUT2D eigenvalue weighted by Gasteiger charge is 2.39. The van der Waals surface area contributed by atoms with Gasteiger partial charge in [0.05, 0.1) is 21.1 Å². The Hall–Kier alpha value is -1.24. The first-order chi connectivity index (χ1) is 10.6. The molecule has 1 unspecified atom stereocenters. The van der Waals surface area contributed by atoms with Gasteiger partial charge in [0, 0.05) is 19.0 Å². The molecule has 0 aromatic heterocycles. The standard InChI is InChI=1S/C17H31NO5/c1-18(2,3)14-17(23,13-16(21)22)15(20)11-9-7-5-4-6-8-10-12-19/h9,11,19,23H,4-8,10,12-14H2,1-3H3. The molecule has 0 saturated carbocycles. The fraction of sp³-hybridized carbons (Fsp3) is 0.765. The highest BCUT2D eigenvalue weighted by atomic mass is 16.4. The number of carboxylic acids is 1. The van der Waals surface area contributed by atoms with E-state index in [4.69, 9.17) is 5.11 Å². The van der Waals surface area contributed by atoms with Crippen LogP contribution in [0.4, 0.5) is 0 Å². The van der Waals surface area contributed by atoms with Crippen LogP contribution in [-0.2, 0) is 9.59 Å². The zero-order valence-electron chi connectivity index (χ0n) is 14.6. The molecule has 0 aliphatic carbocycles. The Bertz CT molecular complexity index is 400. The fourth-order valence-corrected chi connectivity index (χ4v) is 2.49. The predicted molar refractivity (Wildman–Crippen MR) is 86.4 cm³/mol. The number of quaternary nitrogens is 1. The largest absolute Gasteiger partial charge is 0.550 e. The van der Waals surface area contributed by atoms with Gasteiger partial charge in [-0.1, -0.05) is 25.3 Å². The molecule has 0 heterocycles. The number of rotatable bonds is 13. The third-order valence-electron chi connectivity index (χ3n) is 3.43. The van der Waals surface area contributed by atoms with Gasteiger partial charge in [-0.25, -0.2) is 0 Å². The molecular weight excluding hydrogens is 298 g/mol. The van der Waals surface area contributed by atoms with E-state index in [1.807, 2.05) is 0 Å². The number of hydrogen-bond donors (Lipinski definition) is 2. The molecule has 0 aromatic carbocycles. The first-order valence-corrected chi connectivity index (χ1v) is 8.15. The Balaban J connectivity index is 4.43. The first-order valence-electron chi connectivity index (χ1n) is 8.15. The maximum Gasteiger partial charge on any atom is 0.193 e. The summed E-state index contributed by atoms with van der Waals surface area (Å²) in [7, 11) is 5.34. The highest BCUT2D eigenvalue weighted by Crippen LogP contribution is 2.17. The number of carboxylic acid groups (broad SMARTS) is 1. The van der Waals surface area contributed by atoms with Gasteiger partial charge in [0.15, 0.2) is 11.4 Å². The minimum atomic E-state index is -1.94. The van der Waals surface area contributed by atoms with Gasteiger partial charge in [0.2, 0.25) is 0 Å². The Morgan fingerprint density at radius 3 is 2.17 bits per heavy atom. The van der Waals surface area contributed by atoms with E-state index in [2.05, 4.69) is 0 Å². The molecule has 0 bridgehead atoms. The summed E-state index contributed by atoms with van der Waals surface area (Å²) in [4.78, 5) is 23.0. The first kappa shape index (κ1) is 21.8. The van der Waals surface area contributed by atoms with E-state index < -0.39 is 23.8 Å². The second-order valence-electron chi connectivity index (χ2n) is 7.08. The van der Waals surface area contributed by atoms with Crippen LogP contribution in [0.2, 0.25) is 0 Å². The molecule has 6 nitrogen and oxygen atoms in total. The number of nitrogens with zero attached hydrogens (tertiary/aromatic N) is 1. The van der Waals surface area contributed by atoms with Crippen molar-refractivity contribution < 1.29 is 29.4 Å². The fourth-order valence-electron chi connectivity index (χ4n) is 2.49. The second kappa shape index (κ2) is 10.5. The van der Waals surface area contributed by atoms with E-state index >= 15 is 0 Å². The number of aliphatic carboxylic acids is 1. The average Bonchev–Trinajstić information content (AvgIpc) is 2.38. The molecule has 0 aliphatic rings. The molecule has 0 fully saturated rings. The maximum atomic E-state index is 12.2. The number of aliphatic hydroxyl groups is 2. The van der Waals surface area contributed by atoms with Gasteiger partial charge in [-0.05, 0) is 25.3 Å². The number of likely N-dealkylation sites (N-methyl/N-ethyl adjacent to an activating group) is 1. The monoisotopic (exact) mass is 329 g/mol. The van der Waals surface area contributed by atoms with E-state index in [1.165, 1.54) is 6.08 Å². The summed E-state index contributed by atoms with van der Waals surface area (Å²) < 4.78 is 0.272. The van der Waals surface area contributed by atoms with Crippen LogP contribution in [-0.4, -0.2) is 66.3 Å². The zero-order valence-corrected chi connectivity index (χ0v) is 14.6. The lowest BCUT2D eigenvalue weighted by Gasteiger charge is -2.34. The molecule has 2 N–H and O–H groups in total. The molecule has 23 heavy (non-hydrogen) atoms. The third-order valence-corrected chi connectivity index (χ3v) is 3.43. The number of unbranched alkanes of at least 4 members (excludes halogenated alkanes) is 5. The minimum absolute atomic E-state index is 0.00527. The number of aliphatic hydroxyl groups excluding tert-OH is 1. The van der Waals surface area contributed by atoms with Gasteiger partial charge in [-0.15, -0.1) is 0 Å². The predicted octanol–water partition coefficient (Wildman–Crippen LogP) is 0.0219. The van der Waals surface area contributed by atoms with Crippen molar-refractivity contribution in [3.05, 3.63) is 12.2 Å². The lowest BCUT2D eigenvalue weighted by molar-refractivity contribution is -0.875. The van der Waals surface area contributed by atoms with Crippen molar-refractivity contribution in [3.63, 3.8) is 0 Å². The summed E-state index contributed by atoms with van der Waals surface area (Å²) >= 11 is 0. The number of carbonyl (C=O) groups excluding carboxylic acids is 2. The minimum Gasteiger partial charge on any atom is -0.550 e. The molecule has 1 atom stereocenters. The van der Waals surface area contributed by atoms with Gasteiger partial charge < -0.3 is 24.6 Å². The van der Waals surface area contributed by atoms with Gasteiger partial charge in [0.25, 0.3) is 0 Å². The smallest absolute Gasteiger partial charge is 0.193 e. The Labute approximate surface area is 139 Å². The highest BCUT2D eigenvalue weighted by molar-refractivity contribution is 5.99. The van der Waals surface area contributed by atoms with Crippen molar-refractivity contribution in [2.45, 2.75) is 50.5 Å². The van der Waals surface area contributed by atoms with Crippen molar-refractivity contribution in [1.82, 2.24) is 0 Å². The Morgan fingerprint density at radius 1 is 1.09 bits per heavy atom. The summed E-state index contributed by atoms with van der Waals surface area (Å²) in [6.07, 6.45) is 7.76. The molecular formula is C17H31NO5. The number of ketones is 1. The SMILES string of the molecule is C[N+](C)(C)CC(O)(CC(=O)[O-])C(=O)C=CCCCCCCCO. The maximum absolute atomic E-state index is 12.2. The van der Waals surface area contributed by atoms with Crippen LogP contribution in [0.15, 0.2) is 12.2 Å². The molecule has 6 heteroatoms. The van der Waals surface area contributed by atoms with Crippen molar-refractivity contribution in [2.24, 2.45) is 0 Å². The number of allylic oxidation sites excluding steroid dienone is 1. The summed E-state index contributed by atoms with van der Waals surface area (Å²) in [5, 5.41) is 29.9. The van der Waals surface area contributed by atoms with Gasteiger partial charge >= 0.3 is 0 Å². The van der Waals surface area contributed by atoms with Crippen LogP contribution >= 0.6 is 0 Å². The summed E-state index contributed by atoms with van der Waals surface area (Å²) in [5.41, 5.74) is -1.94. The van der Waals surface area contributed by atoms with Crippen LogP contribution in [0.5, 0.6) is 0 Å². The topological polar surface area (TPSA) is 97.7 Å². The number of hydrogen-bond acceptors (Lipinski definition) is 5. The van der Waals surface area contributed by atoms with Crippen molar-refractivity contribution >= 4 is 11.8 Å². The molecule has 134 valence electrons. The Kier molecular flexibility index (Phi) is 9.95. The average molecular weight is 329 g/mol. The van der Waals surface area contributed by atoms with E-state index in [0.717, 1.165) is 32.1 Å². The normalized spacial score (nSPS) is 14.8. The molecule has 0 aliphatic heterocycles. The van der Waals surface area contributed by atoms with E-state index in [0.29, 0.717) is 6.42 Å². The van der Waals surface area contributed by atoms with Gasteiger partial charge in [-0.3, -0.25) is 4.79 Å². The third kappa shape index (κ3) is 11.0. The molecule has 0 spiro atoms. The van der Waals surface area contributed by atoms with Crippen molar-refractivity contribution in [1.29, 1.82) is 0 Å². The molecule has 0 amide bonds.